The first-order valence-corrected chi connectivity index (χ1v) is 11.8. The van der Waals surface area contributed by atoms with E-state index in [0.29, 0.717) is 6.54 Å². The van der Waals surface area contributed by atoms with Gasteiger partial charge in [-0.2, -0.15) is 5.10 Å². The van der Waals surface area contributed by atoms with Crippen LogP contribution in [0.25, 0.3) is 21.1 Å². The van der Waals surface area contributed by atoms with Crippen LogP contribution in [0.5, 0.6) is 0 Å². The van der Waals surface area contributed by atoms with Gasteiger partial charge in [-0.1, -0.05) is 0 Å². The average molecular weight is 459 g/mol. The normalized spacial score (nSPS) is 15.6. The lowest BCUT2D eigenvalue weighted by molar-refractivity contribution is -0.125. The van der Waals surface area contributed by atoms with Gasteiger partial charge >= 0.3 is 0 Å². The number of imidazole rings is 1. The van der Waals surface area contributed by atoms with Crippen LogP contribution in [-0.4, -0.2) is 42.6 Å². The van der Waals surface area contributed by atoms with Crippen molar-refractivity contribution >= 4 is 49.9 Å². The largest absolute Gasteiger partial charge is 0.355 e. The summed E-state index contributed by atoms with van der Waals surface area (Å²) >= 11 is 1.67. The van der Waals surface area contributed by atoms with E-state index in [1.54, 1.807) is 30.2 Å². The van der Waals surface area contributed by atoms with Crippen molar-refractivity contribution < 1.29 is 4.79 Å². The Kier molecular flexibility index (Phi) is 4.99. The second kappa shape index (κ2) is 8.28. The van der Waals surface area contributed by atoms with Crippen LogP contribution < -0.4 is 10.6 Å². The van der Waals surface area contributed by atoms with Gasteiger partial charge in [0, 0.05) is 46.7 Å². The van der Waals surface area contributed by atoms with E-state index in [1.807, 2.05) is 18.3 Å². The van der Waals surface area contributed by atoms with Crippen LogP contribution in [-0.2, 0) is 24.1 Å². The molecule has 0 saturated carbocycles. The molecule has 0 radical (unpaired) electrons. The third kappa shape index (κ3) is 3.82. The van der Waals surface area contributed by atoms with E-state index in [0.717, 1.165) is 64.0 Å². The molecule has 5 aromatic rings. The number of hydrogen-bond acceptors (Lipinski definition) is 7. The maximum absolute atomic E-state index is 12.8. The Labute approximate surface area is 193 Å². The van der Waals surface area contributed by atoms with Crippen LogP contribution in [0.2, 0.25) is 0 Å². The Hall–Kier alpha value is -3.79. The van der Waals surface area contributed by atoms with Gasteiger partial charge in [-0.15, -0.1) is 11.3 Å². The van der Waals surface area contributed by atoms with E-state index in [4.69, 9.17) is 0 Å². The second-order valence-electron chi connectivity index (χ2n) is 8.26. The number of anilines is 2. The fourth-order valence-electron chi connectivity index (χ4n) is 4.47. The van der Waals surface area contributed by atoms with Gasteiger partial charge in [0.15, 0.2) is 0 Å². The molecule has 1 aromatic carbocycles. The van der Waals surface area contributed by atoms with Crippen LogP contribution in [0.3, 0.4) is 0 Å². The Morgan fingerprint density at radius 2 is 2.21 bits per heavy atom. The van der Waals surface area contributed by atoms with E-state index < -0.39 is 0 Å². The van der Waals surface area contributed by atoms with Crippen LogP contribution >= 0.6 is 11.3 Å². The summed E-state index contributed by atoms with van der Waals surface area (Å²) in [6.45, 7) is 0.608. The number of nitrogens with one attached hydrogen (secondary N) is 4. The molecule has 4 aromatic heterocycles. The van der Waals surface area contributed by atoms with Crippen LogP contribution in [0, 0.1) is 5.92 Å². The summed E-state index contributed by atoms with van der Waals surface area (Å²) in [5.41, 5.74) is 4.24. The molecule has 0 bridgehead atoms. The molecule has 1 amide bonds. The van der Waals surface area contributed by atoms with Gasteiger partial charge in [0.25, 0.3) is 0 Å². The number of hydrogen-bond donors (Lipinski definition) is 4. The minimum Gasteiger partial charge on any atom is -0.355 e. The van der Waals surface area contributed by atoms with Gasteiger partial charge in [-0.05, 0) is 43.0 Å². The number of aryl methyl sites for hydroxylation is 1. The van der Waals surface area contributed by atoms with Crippen LogP contribution in [0.15, 0.2) is 43.2 Å². The molecule has 0 spiro atoms. The summed E-state index contributed by atoms with van der Waals surface area (Å²) in [7, 11) is 0. The van der Waals surface area contributed by atoms with Gasteiger partial charge in [0.1, 0.15) is 17.0 Å². The maximum atomic E-state index is 12.8. The first kappa shape index (κ1) is 19.9. The van der Waals surface area contributed by atoms with Crippen molar-refractivity contribution in [3.63, 3.8) is 0 Å². The minimum absolute atomic E-state index is 0.0137. The maximum Gasteiger partial charge on any atom is 0.223 e. The van der Waals surface area contributed by atoms with E-state index in [2.05, 4.69) is 46.8 Å². The van der Waals surface area contributed by atoms with Crippen LogP contribution in [0.1, 0.15) is 22.6 Å². The lowest BCUT2D eigenvalue weighted by atomic mass is 9.87. The predicted octanol–water partition coefficient (Wildman–Crippen LogP) is 3.50. The first-order chi connectivity index (χ1) is 16.2. The molecule has 166 valence electrons. The van der Waals surface area contributed by atoms with Crippen LogP contribution in [0.4, 0.5) is 11.5 Å². The molecule has 4 heterocycles. The number of thiophene rings is 1. The first-order valence-electron chi connectivity index (χ1n) is 10.9. The predicted molar refractivity (Wildman–Crippen MR) is 128 cm³/mol. The number of nitrogens with zero attached hydrogens (tertiary/aromatic N) is 4. The molecule has 1 aliphatic rings. The summed E-state index contributed by atoms with van der Waals surface area (Å²) in [6, 6.07) is 6.06. The third-order valence-electron chi connectivity index (χ3n) is 6.17. The molecule has 0 fully saturated rings. The molecule has 1 aliphatic carbocycles. The number of fused-ring (bicyclic) bond motifs is 4. The lowest BCUT2D eigenvalue weighted by Crippen LogP contribution is -2.35. The third-order valence-corrected chi connectivity index (χ3v) is 7.33. The van der Waals surface area contributed by atoms with E-state index in [9.17, 15) is 4.79 Å². The molecule has 1 atom stereocenters. The van der Waals surface area contributed by atoms with E-state index in [1.165, 1.54) is 10.4 Å². The van der Waals surface area contributed by atoms with E-state index >= 15 is 0 Å². The van der Waals surface area contributed by atoms with Crippen molar-refractivity contribution in [3.05, 3.63) is 59.4 Å². The zero-order valence-corrected chi connectivity index (χ0v) is 18.6. The number of aromatic nitrogens is 6. The topological polar surface area (TPSA) is 124 Å². The zero-order valence-electron chi connectivity index (χ0n) is 17.8. The Morgan fingerprint density at radius 3 is 3.12 bits per heavy atom. The highest BCUT2D eigenvalue weighted by molar-refractivity contribution is 7.19. The van der Waals surface area contributed by atoms with Gasteiger partial charge in [0.05, 0.1) is 23.4 Å². The minimum atomic E-state index is -0.0137. The van der Waals surface area contributed by atoms with Crippen molar-refractivity contribution in [2.45, 2.75) is 25.7 Å². The highest BCUT2D eigenvalue weighted by Gasteiger charge is 2.29. The molecule has 0 saturated heterocycles. The number of amides is 1. The zero-order chi connectivity index (χ0) is 22.2. The smallest absolute Gasteiger partial charge is 0.223 e. The molecule has 9 nitrogen and oxygen atoms in total. The van der Waals surface area contributed by atoms with Gasteiger partial charge in [-0.3, -0.25) is 9.89 Å². The van der Waals surface area contributed by atoms with Crippen molar-refractivity contribution in [2.24, 2.45) is 5.92 Å². The van der Waals surface area contributed by atoms with Crippen molar-refractivity contribution in [1.29, 1.82) is 0 Å². The molecule has 6 rings (SSSR count). The standard InChI is InChI=1S/C23H22N8OS/c32-22(25-6-5-16-10-24-11-26-16)13-1-3-17-19(8-13)33-23-20(17)21(27-12-28-23)30-15-2-4-18-14(7-15)9-29-31-18/h2,4,7,9-13H,1,3,5-6,8H2,(H,24,26)(H,25,32)(H,29,31)(H,27,28,30). The van der Waals surface area contributed by atoms with Gasteiger partial charge in [0.2, 0.25) is 5.91 Å². The Balaban J connectivity index is 1.20. The quantitative estimate of drug-likeness (QED) is 0.309. The fourth-order valence-corrected chi connectivity index (χ4v) is 5.74. The van der Waals surface area contributed by atoms with Crippen molar-refractivity contribution in [1.82, 2.24) is 35.5 Å². The summed E-state index contributed by atoms with van der Waals surface area (Å²) < 4.78 is 0. The molecule has 4 N–H and O–H groups in total. The van der Waals surface area contributed by atoms with Crippen molar-refractivity contribution in [3.8, 4) is 0 Å². The highest BCUT2D eigenvalue weighted by atomic mass is 32.1. The summed E-state index contributed by atoms with van der Waals surface area (Å²) in [4.78, 5) is 31.1. The number of carbonyl (C=O) groups is 1. The Bertz CT molecular complexity index is 1440. The Morgan fingerprint density at radius 1 is 1.24 bits per heavy atom. The molecular formula is C23H22N8OS. The average Bonchev–Trinajstić information content (AvgIpc) is 3.58. The highest BCUT2D eigenvalue weighted by Crippen LogP contribution is 2.40. The monoisotopic (exact) mass is 458 g/mol. The number of aromatic amines is 2. The van der Waals surface area contributed by atoms with Gasteiger partial charge in [-0.25, -0.2) is 15.0 Å². The van der Waals surface area contributed by atoms with Gasteiger partial charge < -0.3 is 15.6 Å². The number of carbonyl (C=O) groups excluding carboxylic acids is 1. The summed E-state index contributed by atoms with van der Waals surface area (Å²) in [5.74, 6) is 0.915. The number of benzene rings is 1. The van der Waals surface area contributed by atoms with E-state index in [-0.39, 0.29) is 11.8 Å². The SMILES string of the molecule is O=C(NCCc1cnc[nH]1)C1CCc2c(sc3ncnc(Nc4ccc5[nH]ncc5c4)c23)C1. The second-order valence-corrected chi connectivity index (χ2v) is 9.34. The summed E-state index contributed by atoms with van der Waals surface area (Å²) in [6.07, 6.45) is 10.0. The van der Waals surface area contributed by atoms with Crippen molar-refractivity contribution in [2.75, 3.05) is 11.9 Å². The molecule has 1 unspecified atom stereocenters. The lowest BCUT2D eigenvalue weighted by Gasteiger charge is -2.21. The number of H-pyrrole nitrogens is 2. The molecule has 0 aliphatic heterocycles. The summed E-state index contributed by atoms with van der Waals surface area (Å²) in [5, 5.41) is 15.7. The fraction of sp³-hybridized carbons (Fsp3) is 0.261. The molecule has 10 heteroatoms. The molecular weight excluding hydrogens is 436 g/mol. The number of rotatable bonds is 6. The molecule has 33 heavy (non-hydrogen) atoms.